The molecule has 1 atom stereocenters. The first-order chi connectivity index (χ1) is 6.50. The van der Waals surface area contributed by atoms with Gasteiger partial charge in [-0.1, -0.05) is 0 Å². The second-order valence-electron chi connectivity index (χ2n) is 3.02. The molecular weight excluding hydrogens is 202 g/mol. The smallest absolute Gasteiger partial charge is 0.325 e. The lowest BCUT2D eigenvalue weighted by Crippen LogP contribution is -2.37. The van der Waals surface area contributed by atoms with Crippen molar-refractivity contribution in [2.75, 3.05) is 0 Å². The molecule has 0 aliphatic rings. The first kappa shape index (κ1) is 10.7. The van der Waals surface area contributed by atoms with Crippen LogP contribution in [0.15, 0.2) is 11.4 Å². The quantitative estimate of drug-likeness (QED) is 0.794. The van der Waals surface area contributed by atoms with Crippen molar-refractivity contribution in [2.45, 2.75) is 19.9 Å². The van der Waals surface area contributed by atoms with Crippen molar-refractivity contribution in [2.24, 2.45) is 0 Å². The number of aliphatic carboxylic acids is 1. The van der Waals surface area contributed by atoms with Gasteiger partial charge < -0.3 is 10.4 Å². The Bertz CT molecular complexity index is 359. The standard InChI is InChI=1S/C9H11NO3S/c1-5-3-7(14-4-5)8(11)10-6(2)9(12)13/h3-4,6H,1-2H3,(H,10,11)(H,12,13). The molecule has 0 saturated carbocycles. The Balaban J connectivity index is 2.63. The SMILES string of the molecule is Cc1csc(C(=O)NC(C)C(=O)O)c1. The molecule has 76 valence electrons. The van der Waals surface area contributed by atoms with Gasteiger partial charge in [0.1, 0.15) is 6.04 Å². The zero-order valence-electron chi connectivity index (χ0n) is 7.90. The summed E-state index contributed by atoms with van der Waals surface area (Å²) in [4.78, 5) is 22.4. The fourth-order valence-electron chi connectivity index (χ4n) is 0.880. The molecular formula is C9H11NO3S. The van der Waals surface area contributed by atoms with Crippen LogP contribution in [0, 0.1) is 6.92 Å². The summed E-state index contributed by atoms with van der Waals surface area (Å²) in [6.07, 6.45) is 0. The molecule has 1 unspecified atom stereocenters. The molecule has 1 aromatic heterocycles. The van der Waals surface area contributed by atoms with Crippen molar-refractivity contribution in [1.82, 2.24) is 5.32 Å². The first-order valence-corrected chi connectivity index (χ1v) is 4.97. The van der Waals surface area contributed by atoms with Gasteiger partial charge in [-0.25, -0.2) is 0 Å². The van der Waals surface area contributed by atoms with Gasteiger partial charge in [-0.2, -0.15) is 0 Å². The molecule has 0 aromatic carbocycles. The van der Waals surface area contributed by atoms with Gasteiger partial charge in [0, 0.05) is 0 Å². The zero-order chi connectivity index (χ0) is 10.7. The van der Waals surface area contributed by atoms with E-state index in [0.29, 0.717) is 4.88 Å². The van der Waals surface area contributed by atoms with Gasteiger partial charge in [-0.05, 0) is 30.9 Å². The molecule has 14 heavy (non-hydrogen) atoms. The summed E-state index contributed by atoms with van der Waals surface area (Å²) in [5, 5.41) is 12.8. The number of thiophene rings is 1. The van der Waals surface area contributed by atoms with Gasteiger partial charge >= 0.3 is 5.97 Å². The van der Waals surface area contributed by atoms with Gasteiger partial charge in [0.05, 0.1) is 4.88 Å². The third kappa shape index (κ3) is 2.56. The highest BCUT2D eigenvalue weighted by molar-refractivity contribution is 7.12. The number of amides is 1. The monoisotopic (exact) mass is 213 g/mol. The molecule has 4 nitrogen and oxygen atoms in total. The predicted molar refractivity (Wildman–Crippen MR) is 53.6 cm³/mol. The van der Waals surface area contributed by atoms with Crippen molar-refractivity contribution >= 4 is 23.2 Å². The molecule has 0 radical (unpaired) electrons. The van der Waals surface area contributed by atoms with E-state index in [4.69, 9.17) is 5.11 Å². The molecule has 2 N–H and O–H groups in total. The number of hydrogen-bond acceptors (Lipinski definition) is 3. The van der Waals surface area contributed by atoms with Crippen molar-refractivity contribution in [3.8, 4) is 0 Å². The topological polar surface area (TPSA) is 66.4 Å². The van der Waals surface area contributed by atoms with E-state index in [-0.39, 0.29) is 5.91 Å². The summed E-state index contributed by atoms with van der Waals surface area (Å²) in [7, 11) is 0. The minimum absolute atomic E-state index is 0.335. The van der Waals surface area contributed by atoms with E-state index < -0.39 is 12.0 Å². The summed E-state index contributed by atoms with van der Waals surface area (Å²) in [6.45, 7) is 3.31. The van der Waals surface area contributed by atoms with E-state index in [0.717, 1.165) is 5.56 Å². The normalized spacial score (nSPS) is 12.1. The van der Waals surface area contributed by atoms with Crippen LogP contribution in [-0.2, 0) is 4.79 Å². The fraction of sp³-hybridized carbons (Fsp3) is 0.333. The minimum atomic E-state index is -1.04. The summed E-state index contributed by atoms with van der Waals surface area (Å²) < 4.78 is 0. The number of carbonyl (C=O) groups is 2. The number of carboxylic acid groups (broad SMARTS) is 1. The molecule has 5 heteroatoms. The summed E-state index contributed by atoms with van der Waals surface area (Å²) in [5.74, 6) is -1.37. The molecule has 0 aliphatic heterocycles. The first-order valence-electron chi connectivity index (χ1n) is 4.09. The summed E-state index contributed by atoms with van der Waals surface area (Å²) in [6, 6.07) is 0.874. The van der Waals surface area contributed by atoms with Crippen molar-refractivity contribution in [3.63, 3.8) is 0 Å². The van der Waals surface area contributed by atoms with Crippen molar-refractivity contribution < 1.29 is 14.7 Å². The Hall–Kier alpha value is -1.36. The van der Waals surface area contributed by atoms with Gasteiger partial charge in [0.2, 0.25) is 0 Å². The van der Waals surface area contributed by atoms with Crippen LogP contribution in [0.3, 0.4) is 0 Å². The summed E-state index contributed by atoms with van der Waals surface area (Å²) >= 11 is 1.31. The molecule has 0 aliphatic carbocycles. The van der Waals surface area contributed by atoms with Crippen LogP contribution in [-0.4, -0.2) is 23.0 Å². The van der Waals surface area contributed by atoms with Gasteiger partial charge in [-0.15, -0.1) is 11.3 Å². The number of rotatable bonds is 3. The van der Waals surface area contributed by atoms with E-state index in [9.17, 15) is 9.59 Å². The average Bonchev–Trinajstić information content (AvgIpc) is 2.51. The van der Waals surface area contributed by atoms with Crippen LogP contribution in [0.4, 0.5) is 0 Å². The number of carbonyl (C=O) groups excluding carboxylic acids is 1. The lowest BCUT2D eigenvalue weighted by Gasteiger charge is -2.07. The van der Waals surface area contributed by atoms with Crippen LogP contribution >= 0.6 is 11.3 Å². The van der Waals surface area contributed by atoms with Crippen LogP contribution in [0.5, 0.6) is 0 Å². The Morgan fingerprint density at radius 2 is 2.21 bits per heavy atom. The van der Waals surface area contributed by atoms with Crippen LogP contribution in [0.25, 0.3) is 0 Å². The van der Waals surface area contributed by atoms with E-state index in [1.54, 1.807) is 6.07 Å². The van der Waals surface area contributed by atoms with Crippen molar-refractivity contribution in [1.29, 1.82) is 0 Å². The van der Waals surface area contributed by atoms with E-state index in [1.165, 1.54) is 18.3 Å². The number of aryl methyl sites for hydroxylation is 1. The van der Waals surface area contributed by atoms with E-state index in [1.807, 2.05) is 12.3 Å². The number of hydrogen-bond donors (Lipinski definition) is 2. The molecule has 1 rings (SSSR count). The van der Waals surface area contributed by atoms with Crippen LogP contribution in [0.1, 0.15) is 22.2 Å². The van der Waals surface area contributed by atoms with Gasteiger partial charge in [0.15, 0.2) is 0 Å². The van der Waals surface area contributed by atoms with E-state index in [2.05, 4.69) is 5.32 Å². The second-order valence-corrected chi connectivity index (χ2v) is 3.93. The Morgan fingerprint density at radius 3 is 2.64 bits per heavy atom. The van der Waals surface area contributed by atoms with E-state index >= 15 is 0 Å². The molecule has 0 bridgehead atoms. The largest absolute Gasteiger partial charge is 0.480 e. The zero-order valence-corrected chi connectivity index (χ0v) is 8.72. The molecule has 0 spiro atoms. The maximum atomic E-state index is 11.4. The molecule has 1 heterocycles. The van der Waals surface area contributed by atoms with Gasteiger partial charge in [0.25, 0.3) is 5.91 Å². The second kappa shape index (κ2) is 4.23. The molecule has 1 amide bonds. The molecule has 1 aromatic rings. The number of nitrogens with one attached hydrogen (secondary N) is 1. The van der Waals surface area contributed by atoms with Crippen molar-refractivity contribution in [3.05, 3.63) is 21.9 Å². The maximum absolute atomic E-state index is 11.4. The highest BCUT2D eigenvalue weighted by Gasteiger charge is 2.15. The third-order valence-electron chi connectivity index (χ3n) is 1.67. The minimum Gasteiger partial charge on any atom is -0.480 e. The predicted octanol–water partition coefficient (Wildman–Crippen LogP) is 1.26. The average molecular weight is 213 g/mol. The fourth-order valence-corrected chi connectivity index (χ4v) is 1.68. The molecule has 0 fully saturated rings. The van der Waals surface area contributed by atoms with Gasteiger partial charge in [-0.3, -0.25) is 9.59 Å². The Morgan fingerprint density at radius 1 is 1.57 bits per heavy atom. The Kier molecular flexibility index (Phi) is 3.24. The molecule has 0 saturated heterocycles. The van der Waals surface area contributed by atoms with Crippen LogP contribution < -0.4 is 5.32 Å². The number of carboxylic acids is 1. The maximum Gasteiger partial charge on any atom is 0.325 e. The highest BCUT2D eigenvalue weighted by Crippen LogP contribution is 2.13. The highest BCUT2D eigenvalue weighted by atomic mass is 32.1. The lowest BCUT2D eigenvalue weighted by molar-refractivity contribution is -0.138. The third-order valence-corrected chi connectivity index (χ3v) is 2.72. The summed E-state index contributed by atoms with van der Waals surface area (Å²) in [5.41, 5.74) is 1.00. The Labute approximate surface area is 85.6 Å². The van der Waals surface area contributed by atoms with Crippen LogP contribution in [0.2, 0.25) is 0 Å². The lowest BCUT2D eigenvalue weighted by atomic mass is 10.3.